The predicted octanol–water partition coefficient (Wildman–Crippen LogP) is 10.2. The number of esters is 1. The third-order valence-corrected chi connectivity index (χ3v) is 8.71. The molecule has 3 unspecified atom stereocenters. The highest BCUT2D eigenvalue weighted by atomic mass is 31.2. The van der Waals surface area contributed by atoms with E-state index in [2.05, 4.69) is 79.1 Å². The lowest BCUT2D eigenvalue weighted by molar-refractivity contribution is -0.154. The van der Waals surface area contributed by atoms with Gasteiger partial charge >= 0.3 is 19.8 Å². The maximum Gasteiger partial charge on any atom is 0.472 e. The molecule has 0 aromatic carbocycles. The number of unbranched alkanes of at least 4 members (excludes halogenated alkanes) is 10. The van der Waals surface area contributed by atoms with E-state index in [1.54, 1.807) is 0 Å². The molecule has 0 spiro atoms. The van der Waals surface area contributed by atoms with Gasteiger partial charge in [-0.3, -0.25) is 18.6 Å². The van der Waals surface area contributed by atoms with Gasteiger partial charge in [0.05, 0.1) is 19.8 Å². The zero-order valence-electron chi connectivity index (χ0n) is 32.1. The third-order valence-electron chi connectivity index (χ3n) is 7.76. The van der Waals surface area contributed by atoms with Crippen LogP contribution in [0.2, 0.25) is 0 Å². The van der Waals surface area contributed by atoms with Crippen molar-refractivity contribution in [2.75, 3.05) is 26.4 Å². The SMILES string of the molecule is CC/C=C\C/C=C\C/C=C\C/C=C\C/C=C\C/C=C\CCC(=O)OC(COCCCCCCCCCCCCC)COP(=O)(O)OCC(N)C(=O)O. The van der Waals surface area contributed by atoms with Crippen LogP contribution in [0.15, 0.2) is 72.9 Å². The van der Waals surface area contributed by atoms with E-state index in [1.165, 1.54) is 51.4 Å². The van der Waals surface area contributed by atoms with Crippen molar-refractivity contribution in [3.05, 3.63) is 72.9 Å². The largest absolute Gasteiger partial charge is 0.480 e. The maximum absolute atomic E-state index is 12.5. The highest BCUT2D eigenvalue weighted by Crippen LogP contribution is 2.43. The van der Waals surface area contributed by atoms with E-state index in [-0.39, 0.29) is 13.0 Å². The summed E-state index contributed by atoms with van der Waals surface area (Å²) in [6.07, 6.45) is 44.0. The van der Waals surface area contributed by atoms with Gasteiger partial charge in [-0.25, -0.2) is 4.57 Å². The van der Waals surface area contributed by atoms with Gasteiger partial charge in [0.25, 0.3) is 0 Å². The second kappa shape index (κ2) is 36.8. The number of rotatable bonds is 36. The summed E-state index contributed by atoms with van der Waals surface area (Å²) in [5.41, 5.74) is 5.33. The molecule has 0 heterocycles. The number of hydrogen-bond acceptors (Lipinski definition) is 8. The molecule has 298 valence electrons. The Hall–Kier alpha value is -2.59. The summed E-state index contributed by atoms with van der Waals surface area (Å²) in [5.74, 6) is -1.87. The molecule has 0 radical (unpaired) electrons. The average molecular weight is 752 g/mol. The van der Waals surface area contributed by atoms with Crippen molar-refractivity contribution in [3.8, 4) is 0 Å². The number of hydrogen-bond donors (Lipinski definition) is 3. The van der Waals surface area contributed by atoms with E-state index in [4.69, 9.17) is 24.8 Å². The summed E-state index contributed by atoms with van der Waals surface area (Å²) in [4.78, 5) is 33.4. The molecule has 0 aliphatic carbocycles. The second-order valence-corrected chi connectivity index (χ2v) is 14.1. The fourth-order valence-electron chi connectivity index (χ4n) is 4.75. The zero-order valence-corrected chi connectivity index (χ0v) is 33.0. The number of carboxylic acids is 1. The highest BCUT2D eigenvalue weighted by molar-refractivity contribution is 7.47. The van der Waals surface area contributed by atoms with Crippen LogP contribution in [-0.2, 0) is 32.7 Å². The van der Waals surface area contributed by atoms with Crippen molar-refractivity contribution >= 4 is 19.8 Å². The highest BCUT2D eigenvalue weighted by Gasteiger charge is 2.27. The Bertz CT molecular complexity index is 1100. The number of phosphoric ester groups is 1. The molecule has 0 aromatic rings. The number of ether oxygens (including phenoxy) is 2. The Labute approximate surface area is 314 Å². The normalized spacial score (nSPS) is 14.8. The number of carbonyl (C=O) groups excluding carboxylic acids is 1. The van der Waals surface area contributed by atoms with Crippen LogP contribution >= 0.6 is 7.82 Å². The lowest BCUT2D eigenvalue weighted by Gasteiger charge is -2.20. The summed E-state index contributed by atoms with van der Waals surface area (Å²) in [5, 5.41) is 8.86. The van der Waals surface area contributed by atoms with Crippen molar-refractivity contribution in [1.82, 2.24) is 0 Å². The molecule has 0 rings (SSSR count). The van der Waals surface area contributed by atoms with Crippen LogP contribution in [-0.4, -0.2) is 60.5 Å². The quantitative estimate of drug-likeness (QED) is 0.0244. The van der Waals surface area contributed by atoms with Crippen molar-refractivity contribution in [1.29, 1.82) is 0 Å². The summed E-state index contributed by atoms with van der Waals surface area (Å²) >= 11 is 0. The molecule has 0 aromatic heterocycles. The molecule has 0 fully saturated rings. The summed E-state index contributed by atoms with van der Waals surface area (Å²) in [6, 6.07) is -1.49. The first-order chi connectivity index (χ1) is 25.2. The first-order valence-electron chi connectivity index (χ1n) is 19.5. The van der Waals surface area contributed by atoms with E-state index in [0.717, 1.165) is 57.8 Å². The van der Waals surface area contributed by atoms with Crippen LogP contribution in [0.4, 0.5) is 0 Å². The predicted molar refractivity (Wildman–Crippen MR) is 212 cm³/mol. The van der Waals surface area contributed by atoms with Crippen molar-refractivity contribution in [2.45, 2.75) is 148 Å². The third kappa shape index (κ3) is 35.8. The minimum atomic E-state index is -4.63. The molecule has 11 heteroatoms. The topological polar surface area (TPSA) is 155 Å². The van der Waals surface area contributed by atoms with Crippen LogP contribution in [0.5, 0.6) is 0 Å². The molecule has 52 heavy (non-hydrogen) atoms. The van der Waals surface area contributed by atoms with Gasteiger partial charge in [0.2, 0.25) is 0 Å². The fourth-order valence-corrected chi connectivity index (χ4v) is 5.52. The molecule has 0 saturated heterocycles. The number of carboxylic acid groups (broad SMARTS) is 1. The van der Waals surface area contributed by atoms with E-state index in [1.807, 2.05) is 12.2 Å². The Balaban J connectivity index is 4.44. The average Bonchev–Trinajstić information content (AvgIpc) is 3.12. The monoisotopic (exact) mass is 751 g/mol. The Morgan fingerprint density at radius 2 is 1.08 bits per heavy atom. The number of carbonyl (C=O) groups is 2. The first kappa shape index (κ1) is 49.4. The van der Waals surface area contributed by atoms with Crippen molar-refractivity contribution < 1.29 is 42.7 Å². The van der Waals surface area contributed by atoms with Gasteiger partial charge in [-0.2, -0.15) is 0 Å². The molecule has 0 amide bonds. The van der Waals surface area contributed by atoms with Crippen LogP contribution in [0.1, 0.15) is 136 Å². The van der Waals surface area contributed by atoms with Crippen LogP contribution in [0.3, 0.4) is 0 Å². The smallest absolute Gasteiger partial charge is 0.472 e. The van der Waals surface area contributed by atoms with Gasteiger partial charge in [-0.05, 0) is 51.4 Å². The lowest BCUT2D eigenvalue weighted by Crippen LogP contribution is -2.34. The molecule has 3 atom stereocenters. The molecule has 0 saturated carbocycles. The van der Waals surface area contributed by atoms with E-state index in [0.29, 0.717) is 13.0 Å². The zero-order chi connectivity index (χ0) is 38.4. The van der Waals surface area contributed by atoms with Crippen LogP contribution in [0.25, 0.3) is 0 Å². The van der Waals surface area contributed by atoms with Crippen LogP contribution in [0, 0.1) is 0 Å². The van der Waals surface area contributed by atoms with E-state index in [9.17, 15) is 19.0 Å². The standard InChI is InChI=1S/C41H70NO9P/c1-3-5-7-9-11-13-15-16-17-18-19-20-21-22-23-25-27-29-31-33-40(43)51-38(36-49-52(46,47)50-37-39(42)41(44)45)35-48-34-32-30-28-26-24-14-12-10-8-6-4-2/h5,7,11,13,16-17,19-20,22-23,27,29,38-39H,3-4,6,8-10,12,14-15,18,21,24-26,28,30-37,42H2,1-2H3,(H,44,45)(H,46,47)/b7-5-,13-11-,17-16-,20-19-,23-22-,29-27-. The van der Waals surface area contributed by atoms with Crippen molar-refractivity contribution in [3.63, 3.8) is 0 Å². The van der Waals surface area contributed by atoms with Gasteiger partial charge in [0, 0.05) is 13.0 Å². The molecular formula is C41H70NO9P. The van der Waals surface area contributed by atoms with Gasteiger partial charge in [0.15, 0.2) is 0 Å². The molecule has 0 aliphatic rings. The minimum Gasteiger partial charge on any atom is -0.480 e. The number of phosphoric acid groups is 1. The molecule has 10 nitrogen and oxygen atoms in total. The summed E-state index contributed by atoms with van der Waals surface area (Å²) in [7, 11) is -4.63. The number of aliphatic carboxylic acids is 1. The maximum atomic E-state index is 12.5. The van der Waals surface area contributed by atoms with Crippen LogP contribution < -0.4 is 5.73 Å². The number of nitrogens with two attached hydrogens (primary N) is 1. The van der Waals surface area contributed by atoms with Crippen molar-refractivity contribution in [2.24, 2.45) is 5.73 Å². The Kier molecular flexibility index (Phi) is 34.9. The van der Waals surface area contributed by atoms with E-state index >= 15 is 0 Å². The summed E-state index contributed by atoms with van der Waals surface area (Å²) in [6.45, 7) is 3.64. The molecular weight excluding hydrogens is 681 g/mol. The Morgan fingerprint density at radius 3 is 1.56 bits per heavy atom. The van der Waals surface area contributed by atoms with Gasteiger partial charge in [-0.1, -0.05) is 151 Å². The molecule has 0 bridgehead atoms. The number of allylic oxidation sites excluding steroid dienone is 12. The second-order valence-electron chi connectivity index (χ2n) is 12.7. The lowest BCUT2D eigenvalue weighted by atomic mass is 10.1. The molecule has 0 aliphatic heterocycles. The van der Waals surface area contributed by atoms with Gasteiger partial charge in [0.1, 0.15) is 12.1 Å². The Morgan fingerprint density at radius 1 is 0.635 bits per heavy atom. The first-order valence-corrected chi connectivity index (χ1v) is 21.0. The van der Waals surface area contributed by atoms with E-state index < -0.39 is 45.1 Å². The summed E-state index contributed by atoms with van der Waals surface area (Å²) < 4.78 is 33.1. The molecule has 4 N–H and O–H groups in total. The fraction of sp³-hybridized carbons (Fsp3) is 0.659. The minimum absolute atomic E-state index is 0.0158. The van der Waals surface area contributed by atoms with Gasteiger partial charge in [-0.15, -0.1) is 0 Å². The van der Waals surface area contributed by atoms with Gasteiger partial charge < -0.3 is 25.2 Å².